The van der Waals surface area contributed by atoms with E-state index in [0.717, 1.165) is 53.8 Å². The molecule has 1 N–H and O–H groups in total. The van der Waals surface area contributed by atoms with Crippen molar-refractivity contribution in [1.82, 2.24) is 29.2 Å². The maximum Gasteiger partial charge on any atom is 0.409 e. The van der Waals surface area contributed by atoms with Crippen molar-refractivity contribution >= 4 is 57.2 Å². The molecule has 8 rings (SSSR count). The molecule has 1 aromatic heterocycles. The van der Waals surface area contributed by atoms with Gasteiger partial charge in [-0.1, -0.05) is 228 Å². The lowest BCUT2D eigenvalue weighted by molar-refractivity contribution is -0.214. The molecule has 0 radical (unpaired) electrons. The number of esters is 3. The van der Waals surface area contributed by atoms with E-state index in [1.54, 1.807) is 33.3 Å². The number of alkyl halides is 3. The number of rotatable bonds is 9. The number of H-pyrrole nitrogens is 1. The minimum Gasteiger partial charge on any atom is -0.469 e. The summed E-state index contributed by atoms with van der Waals surface area (Å²) in [5.74, 6) is 0.761. The molecule has 20 nitrogen and oxygen atoms in total. The van der Waals surface area contributed by atoms with Crippen molar-refractivity contribution in [2.45, 2.75) is 472 Å². The number of aromatic amines is 1. The van der Waals surface area contributed by atoms with E-state index < -0.39 is 37.8 Å². The van der Waals surface area contributed by atoms with Crippen LogP contribution in [0.25, 0.3) is 0 Å². The lowest BCUT2D eigenvalue weighted by Gasteiger charge is -2.43. The van der Waals surface area contributed by atoms with Crippen molar-refractivity contribution in [2.24, 2.45) is 55.2 Å². The first-order valence-electron chi connectivity index (χ1n) is 44.5. The van der Waals surface area contributed by atoms with E-state index in [0.29, 0.717) is 67.4 Å². The molecule has 24 heteroatoms. The number of carbonyl (C=O) groups is 8. The van der Waals surface area contributed by atoms with E-state index in [2.05, 4.69) is 127 Å². The number of ketones is 2. The van der Waals surface area contributed by atoms with Gasteiger partial charge >= 0.3 is 24.1 Å². The maximum atomic E-state index is 13.1. The Hall–Kier alpha value is -5.75. The van der Waals surface area contributed by atoms with E-state index in [1.807, 2.05) is 149 Å². The van der Waals surface area contributed by atoms with E-state index in [9.17, 15) is 59.9 Å². The Bertz CT molecular complexity index is 3510. The number of fused-ring (bicyclic) bond motifs is 1. The van der Waals surface area contributed by atoms with Crippen LogP contribution in [0.15, 0.2) is 30.3 Å². The average Bonchev–Trinajstić information content (AvgIpc) is 1.19. The fourth-order valence-corrected chi connectivity index (χ4v) is 13.5. The lowest BCUT2D eigenvalue weighted by atomic mass is 9.83. The molecule has 2 aliphatic carbocycles. The van der Waals surface area contributed by atoms with Crippen LogP contribution in [-0.4, -0.2) is 172 Å². The molecule has 1 aromatic carbocycles. The van der Waals surface area contributed by atoms with E-state index in [4.69, 9.17) is 14.2 Å². The fourth-order valence-electron chi connectivity index (χ4n) is 12.2. The van der Waals surface area contributed by atoms with Crippen LogP contribution in [0.1, 0.15) is 453 Å². The molecule has 3 unspecified atom stereocenters. The number of sulfonamides is 1. The molecule has 5 fully saturated rings. The first-order chi connectivity index (χ1) is 54.3. The second-order valence-electron chi connectivity index (χ2n) is 44.8. The second-order valence-corrected chi connectivity index (χ2v) is 47.5. The van der Waals surface area contributed by atoms with Gasteiger partial charge < -0.3 is 28.7 Å². The molecule has 770 valence electrons. The summed E-state index contributed by atoms with van der Waals surface area (Å²) in [5, 5.41) is 7.05. The molecule has 3 amide bonds. The number of benzene rings is 1. The van der Waals surface area contributed by atoms with Crippen molar-refractivity contribution in [3.63, 3.8) is 0 Å². The third kappa shape index (κ3) is 66.3. The number of nitrogens with one attached hydrogen (secondary N) is 1. The maximum absolute atomic E-state index is 13.1. The standard InChI is InChI=1S/C14H21N.C12H20F3NO.C12H18N2O.C10H19NO3S.C10H19NO.C9H18O2.C9H18O.C7H14O2.C6H12O2.C6H12O.C2H6.8CH4/c1-14(2,3)11-15-9-8-12-6-4-5-7-13(12)10-15;1-8-5-6-16(9(17)7-8)10(11(2,3)4)12(13,14)15;1-12(2,3)7-11(15)10-6-9(13-14-10)8-4-5-8;1-8-5-6-11(9(12)7-8)15(13,14)10(2,3)4;1-10(2,3)8-11-7-5-4-6-9(11)12;1-8(2,3)7(10)11-9(4,5)6;1-9(2,3)10-8-6-4-5-7-8;1-5-9-6(8)7(2,3)4;1-6(2,3)5(7)8-4;1-5(7)6(2,3)4;1-2;;;;;;;;/h4-7H,8-11H2,1-3H3;8,10H,5-7H2,1-4H3;6,8H,4-5,7H2,1-3H3,(H,13,14);8H,5-7H2,1-4H3;4-8H2,1-3H3;1-6H3;8H,4-7H2,1-3H3;5H2,1-4H3;1-4H3;1-4H3;1-2H3;8*1H4. The van der Waals surface area contributed by atoms with Crippen molar-refractivity contribution in [3.8, 4) is 0 Å². The number of aromatic nitrogens is 2. The van der Waals surface area contributed by atoms with Crippen LogP contribution >= 0.6 is 0 Å². The number of piperidine rings is 3. The molecular weight excluding hydrogens is 1660 g/mol. The van der Waals surface area contributed by atoms with Gasteiger partial charge in [-0.3, -0.25) is 48.4 Å². The van der Waals surface area contributed by atoms with Gasteiger partial charge in [-0.05, 0) is 247 Å². The van der Waals surface area contributed by atoms with Crippen LogP contribution in [0.4, 0.5) is 13.2 Å². The van der Waals surface area contributed by atoms with E-state index in [-0.39, 0.29) is 158 Å². The summed E-state index contributed by atoms with van der Waals surface area (Å²) < 4.78 is 83.6. The zero-order valence-corrected chi connectivity index (χ0v) is 84.8. The highest BCUT2D eigenvalue weighted by Crippen LogP contribution is 2.41. The van der Waals surface area contributed by atoms with Crippen LogP contribution in [0.5, 0.6) is 0 Å². The van der Waals surface area contributed by atoms with Crippen LogP contribution < -0.4 is 0 Å². The highest BCUT2D eigenvalue weighted by atomic mass is 32.2. The second kappa shape index (κ2) is 62.7. The van der Waals surface area contributed by atoms with Crippen molar-refractivity contribution in [2.75, 3.05) is 53.0 Å². The Morgan fingerprint density at radius 3 is 1.27 bits per heavy atom. The number of hydrogen-bond acceptors (Lipinski definition) is 16. The summed E-state index contributed by atoms with van der Waals surface area (Å²) in [6, 6.07) is 9.08. The number of nitrogens with zero attached hydrogens (tertiary/aromatic N) is 5. The van der Waals surface area contributed by atoms with E-state index in [1.165, 1.54) is 97.9 Å². The van der Waals surface area contributed by atoms with Crippen LogP contribution in [0, 0.1) is 55.2 Å². The molecule has 3 saturated heterocycles. The van der Waals surface area contributed by atoms with Crippen molar-refractivity contribution in [1.29, 1.82) is 0 Å². The first-order valence-corrected chi connectivity index (χ1v) is 46.0. The molecule has 3 atom stereocenters. The molecule has 6 aliphatic rings. The van der Waals surface area contributed by atoms with Gasteiger partial charge in [0.15, 0.2) is 5.78 Å². The molecular formula is C105H209F3N6O14S. The van der Waals surface area contributed by atoms with E-state index >= 15 is 0 Å². The quantitative estimate of drug-likeness (QED) is 0.139. The summed E-state index contributed by atoms with van der Waals surface area (Å²) in [7, 11) is -2.09. The van der Waals surface area contributed by atoms with Gasteiger partial charge in [0, 0.05) is 88.5 Å². The number of amides is 3. The zero-order chi connectivity index (χ0) is 95.7. The number of carbonyl (C=O) groups excluding carboxylic acids is 8. The average molecular weight is 1870 g/mol. The third-order valence-corrected chi connectivity index (χ3v) is 21.5. The molecule has 0 spiro atoms. The largest absolute Gasteiger partial charge is 0.469 e. The van der Waals surface area contributed by atoms with Crippen LogP contribution in [0.2, 0.25) is 0 Å². The number of methoxy groups -OCH3 is 1. The SMILES string of the molecule is C.C.C.C.C.C.C.C.CC.CC(=O)C(C)(C)C.CC(C)(C)CC(=O)c1cc(C2CC2)[nH]n1.CC(C)(C)CN1CCCCC1=O.CC(C)(C)CN1CCc2ccccc2C1.CC(C)(C)OC(=O)C(C)(C)C.CC(C)(C)OC1CCCC1.CC1CCN(C(C(C)(C)C)C(F)(F)F)C(=O)C1.CC1CCN(S(=O)(=O)C(C)(C)C)C(=O)C1.CCOC(=O)C(C)(C)C.COC(=O)C(C)(C)C. The topological polar surface area (TPSA) is 249 Å². The lowest BCUT2D eigenvalue weighted by Crippen LogP contribution is -2.57. The number of Topliss-reactive ketones (excluding diaryl/α,β-unsaturated/α-hetero) is 2. The molecule has 5 heterocycles. The summed E-state index contributed by atoms with van der Waals surface area (Å²) in [6.07, 6.45) is 10.7. The highest BCUT2D eigenvalue weighted by Gasteiger charge is 2.52. The van der Waals surface area contributed by atoms with Crippen molar-refractivity contribution in [3.05, 3.63) is 52.8 Å². The zero-order valence-electron chi connectivity index (χ0n) is 84.0. The number of ether oxygens (including phenoxy) is 4. The minimum absolute atomic E-state index is 0. The van der Waals surface area contributed by atoms with Gasteiger partial charge in [0.1, 0.15) is 23.1 Å². The van der Waals surface area contributed by atoms with Gasteiger partial charge in [-0.2, -0.15) is 18.3 Å². The van der Waals surface area contributed by atoms with Gasteiger partial charge in [-0.15, -0.1) is 0 Å². The Kier molecular flexibility index (Phi) is 71.1. The predicted octanol–water partition coefficient (Wildman–Crippen LogP) is 28.3. The summed E-state index contributed by atoms with van der Waals surface area (Å²) >= 11 is 0. The van der Waals surface area contributed by atoms with Crippen molar-refractivity contribution < 1.29 is 78.9 Å². The Morgan fingerprint density at radius 2 is 0.953 bits per heavy atom. The highest BCUT2D eigenvalue weighted by molar-refractivity contribution is 7.91. The summed E-state index contributed by atoms with van der Waals surface area (Å²) in [5.41, 5.74) is 2.95. The monoisotopic (exact) mass is 1870 g/mol. The Morgan fingerprint density at radius 1 is 0.519 bits per heavy atom. The molecule has 4 aliphatic heterocycles. The Balaban J connectivity index is -0.000000133. The van der Waals surface area contributed by atoms with Gasteiger partial charge in [0.05, 0.1) is 46.4 Å². The number of likely N-dealkylation sites (tertiary alicyclic amines) is 2. The normalized spacial score (nSPS) is 16.9. The molecule has 2 saturated carbocycles. The molecule has 0 bridgehead atoms. The van der Waals surface area contributed by atoms with Gasteiger partial charge in [0.25, 0.3) is 0 Å². The number of halogens is 3. The number of hydrogen-bond donors (Lipinski definition) is 1. The molecule has 2 aromatic rings. The third-order valence-electron chi connectivity index (χ3n) is 19.0. The fraction of sp³-hybridized carbons (Fsp3) is 0.838. The summed E-state index contributed by atoms with van der Waals surface area (Å²) in [4.78, 5) is 95.4. The first kappa shape index (κ1) is 146. The predicted molar refractivity (Wildman–Crippen MR) is 543 cm³/mol. The smallest absolute Gasteiger partial charge is 0.409 e. The molecule has 129 heavy (non-hydrogen) atoms. The van der Waals surface area contributed by atoms with Crippen LogP contribution in [-0.2, 0) is 75.5 Å². The Labute approximate surface area is 794 Å². The summed E-state index contributed by atoms with van der Waals surface area (Å²) in [6.45, 7) is 81.1. The van der Waals surface area contributed by atoms with Crippen LogP contribution in [0.3, 0.4) is 0 Å². The van der Waals surface area contributed by atoms with Gasteiger partial charge in [-0.25, -0.2) is 12.7 Å². The van der Waals surface area contributed by atoms with Gasteiger partial charge in [0.2, 0.25) is 27.7 Å². The minimum atomic E-state index is -4.37.